The molecule has 192 valence electrons. The van der Waals surface area contributed by atoms with E-state index in [0.29, 0.717) is 42.5 Å². The van der Waals surface area contributed by atoms with Gasteiger partial charge in [0, 0.05) is 17.5 Å². The molecule has 1 N–H and O–H groups in total. The van der Waals surface area contributed by atoms with Crippen LogP contribution in [0.1, 0.15) is 61.8 Å². The normalized spacial score (nSPS) is 11.6. The van der Waals surface area contributed by atoms with Crippen molar-refractivity contribution in [1.29, 1.82) is 0 Å². The van der Waals surface area contributed by atoms with E-state index in [1.165, 1.54) is 24.3 Å². The molecular weight excluding hydrogens is 466 g/mol. The second-order valence-electron chi connectivity index (χ2n) is 7.92. The summed E-state index contributed by atoms with van der Waals surface area (Å²) in [5.74, 6) is 0.151. The Labute approximate surface area is 209 Å². The molecule has 1 heterocycles. The minimum Gasteiger partial charge on any atom is -0.490 e. The van der Waals surface area contributed by atoms with Gasteiger partial charge in [-0.3, -0.25) is 4.79 Å². The van der Waals surface area contributed by atoms with Gasteiger partial charge in [-0.15, -0.1) is 0 Å². The summed E-state index contributed by atoms with van der Waals surface area (Å²) in [6.45, 7) is 10.4. The molecule has 36 heavy (non-hydrogen) atoms. The average Bonchev–Trinajstić information content (AvgIpc) is 2.85. The van der Waals surface area contributed by atoms with Crippen molar-refractivity contribution in [3.05, 3.63) is 57.9 Å². The molecule has 1 aromatic heterocycles. The van der Waals surface area contributed by atoms with Crippen LogP contribution in [0.3, 0.4) is 0 Å². The third kappa shape index (κ3) is 6.16. The predicted molar refractivity (Wildman–Crippen MR) is 135 cm³/mol. The molecule has 1 atom stereocenters. The van der Waals surface area contributed by atoms with Gasteiger partial charge in [-0.2, -0.15) is 0 Å². The largest absolute Gasteiger partial charge is 0.490 e. The molecule has 0 spiro atoms. The van der Waals surface area contributed by atoms with E-state index in [0.717, 1.165) is 6.42 Å². The van der Waals surface area contributed by atoms with Gasteiger partial charge in [-0.1, -0.05) is 6.92 Å². The van der Waals surface area contributed by atoms with Crippen molar-refractivity contribution < 1.29 is 33.0 Å². The maximum Gasteiger partial charge on any atom is 0.349 e. The number of amides is 1. The second kappa shape index (κ2) is 12.1. The van der Waals surface area contributed by atoms with E-state index in [1.54, 1.807) is 12.1 Å². The van der Waals surface area contributed by atoms with Crippen molar-refractivity contribution in [3.63, 3.8) is 0 Å². The fourth-order valence-corrected chi connectivity index (χ4v) is 3.39. The van der Waals surface area contributed by atoms with Gasteiger partial charge in [0.25, 0.3) is 5.91 Å². The summed E-state index contributed by atoms with van der Waals surface area (Å²) in [5, 5.41) is 3.26. The van der Waals surface area contributed by atoms with Crippen LogP contribution < -0.4 is 29.9 Å². The van der Waals surface area contributed by atoms with Crippen LogP contribution in [0.5, 0.6) is 23.0 Å². The van der Waals surface area contributed by atoms with Gasteiger partial charge in [-0.05, 0) is 64.4 Å². The minimum absolute atomic E-state index is 0.0801. The molecule has 0 bridgehead atoms. The molecule has 0 fully saturated rings. The molecule has 0 radical (unpaired) electrons. The van der Waals surface area contributed by atoms with E-state index < -0.39 is 17.5 Å². The number of carbonyl (C=O) groups is 2. The number of nitrogens with one attached hydrogen (secondary N) is 1. The van der Waals surface area contributed by atoms with Gasteiger partial charge >= 0.3 is 11.6 Å². The Hall–Kier alpha value is -4.01. The second-order valence-corrected chi connectivity index (χ2v) is 7.92. The number of hydrogen-bond donors (Lipinski definition) is 1. The molecule has 2 aromatic carbocycles. The van der Waals surface area contributed by atoms with Gasteiger partial charge in [0.05, 0.1) is 25.4 Å². The van der Waals surface area contributed by atoms with Crippen LogP contribution >= 0.6 is 0 Å². The van der Waals surface area contributed by atoms with Crippen molar-refractivity contribution in [2.45, 2.75) is 47.1 Å². The summed E-state index contributed by atoms with van der Waals surface area (Å²) in [6.07, 6.45) is 0.728. The monoisotopic (exact) mass is 497 g/mol. The number of hydrogen-bond acceptors (Lipinski definition) is 8. The van der Waals surface area contributed by atoms with Gasteiger partial charge in [-0.25, -0.2) is 9.59 Å². The smallest absolute Gasteiger partial charge is 0.349 e. The Morgan fingerprint density at radius 3 is 2.14 bits per heavy atom. The first-order valence-corrected chi connectivity index (χ1v) is 12.0. The Balaban J connectivity index is 1.89. The van der Waals surface area contributed by atoms with E-state index in [4.69, 9.17) is 23.4 Å². The standard InChI is InChI=1S/C27H31NO8/c1-6-16(5)28-25(29)20-12-17-10-11-19(15-21(17)36-27(20)31)35-26(30)18-13-22(32-7-2)24(34-9-4)23(14-18)33-8-3/h10-16H,6-9H2,1-5H3,(H,28,29). The van der Waals surface area contributed by atoms with Gasteiger partial charge < -0.3 is 28.7 Å². The molecule has 0 aliphatic carbocycles. The summed E-state index contributed by atoms with van der Waals surface area (Å²) in [7, 11) is 0. The predicted octanol–water partition coefficient (Wildman–Crippen LogP) is 4.74. The van der Waals surface area contributed by atoms with Crippen molar-refractivity contribution in [2.24, 2.45) is 0 Å². The molecule has 9 nitrogen and oxygen atoms in total. The lowest BCUT2D eigenvalue weighted by Crippen LogP contribution is -2.34. The first kappa shape index (κ1) is 26.6. The van der Waals surface area contributed by atoms with E-state index in [-0.39, 0.29) is 28.5 Å². The quantitative estimate of drug-likeness (QED) is 0.230. The number of fused-ring (bicyclic) bond motifs is 1. The fraction of sp³-hybridized carbons (Fsp3) is 0.370. The molecule has 1 amide bonds. The molecule has 0 saturated heterocycles. The summed E-state index contributed by atoms with van der Waals surface area (Å²) >= 11 is 0. The number of rotatable bonds is 11. The first-order chi connectivity index (χ1) is 17.3. The molecule has 0 saturated carbocycles. The highest BCUT2D eigenvalue weighted by Crippen LogP contribution is 2.39. The lowest BCUT2D eigenvalue weighted by molar-refractivity contribution is 0.0733. The maximum atomic E-state index is 13.0. The van der Waals surface area contributed by atoms with Gasteiger partial charge in [0.15, 0.2) is 11.5 Å². The van der Waals surface area contributed by atoms with Crippen LogP contribution in [-0.2, 0) is 0 Å². The zero-order chi connectivity index (χ0) is 26.2. The van der Waals surface area contributed by atoms with E-state index in [2.05, 4.69) is 5.32 Å². The SMILES string of the molecule is CCOc1cc(C(=O)Oc2ccc3cc(C(=O)NC(C)CC)c(=O)oc3c2)cc(OCC)c1OCC. The maximum absolute atomic E-state index is 13.0. The molecule has 0 aliphatic rings. The Bertz CT molecular complexity index is 1270. The van der Waals surface area contributed by atoms with Crippen LogP contribution in [0.4, 0.5) is 0 Å². The zero-order valence-electron chi connectivity index (χ0n) is 21.1. The van der Waals surface area contributed by atoms with Crippen LogP contribution in [0.2, 0.25) is 0 Å². The topological polar surface area (TPSA) is 113 Å². The zero-order valence-corrected chi connectivity index (χ0v) is 21.1. The van der Waals surface area contributed by atoms with E-state index in [1.807, 2.05) is 34.6 Å². The summed E-state index contributed by atoms with van der Waals surface area (Å²) < 4.78 is 27.8. The summed E-state index contributed by atoms with van der Waals surface area (Å²) in [5.41, 5.74) is -0.485. The van der Waals surface area contributed by atoms with Crippen molar-refractivity contribution in [2.75, 3.05) is 19.8 Å². The number of carbonyl (C=O) groups excluding carboxylic acids is 2. The highest BCUT2D eigenvalue weighted by Gasteiger charge is 2.20. The summed E-state index contributed by atoms with van der Waals surface area (Å²) in [4.78, 5) is 37.8. The number of ether oxygens (including phenoxy) is 4. The Kier molecular flexibility index (Phi) is 8.94. The van der Waals surface area contributed by atoms with Gasteiger partial charge in [0.1, 0.15) is 16.9 Å². The van der Waals surface area contributed by atoms with Crippen molar-refractivity contribution in [3.8, 4) is 23.0 Å². The van der Waals surface area contributed by atoms with E-state index >= 15 is 0 Å². The molecule has 0 aliphatic heterocycles. The van der Waals surface area contributed by atoms with Crippen molar-refractivity contribution >= 4 is 22.8 Å². The average molecular weight is 498 g/mol. The van der Waals surface area contributed by atoms with Crippen LogP contribution in [0, 0.1) is 0 Å². The molecule has 1 unspecified atom stereocenters. The third-order valence-electron chi connectivity index (χ3n) is 5.30. The van der Waals surface area contributed by atoms with Crippen molar-refractivity contribution in [1.82, 2.24) is 5.32 Å². The van der Waals surface area contributed by atoms with Crippen LogP contribution in [-0.4, -0.2) is 37.7 Å². The molecular formula is C27H31NO8. The first-order valence-electron chi connectivity index (χ1n) is 12.0. The lowest BCUT2D eigenvalue weighted by Gasteiger charge is -2.16. The highest BCUT2D eigenvalue weighted by molar-refractivity contribution is 5.97. The van der Waals surface area contributed by atoms with E-state index in [9.17, 15) is 14.4 Å². The highest BCUT2D eigenvalue weighted by atomic mass is 16.5. The third-order valence-corrected chi connectivity index (χ3v) is 5.30. The molecule has 3 aromatic rings. The minimum atomic E-state index is -0.777. The molecule has 3 rings (SSSR count). The van der Waals surface area contributed by atoms with Crippen LogP contribution in [0.25, 0.3) is 11.0 Å². The van der Waals surface area contributed by atoms with Crippen LogP contribution in [0.15, 0.2) is 45.6 Å². The fourth-order valence-electron chi connectivity index (χ4n) is 3.39. The lowest BCUT2D eigenvalue weighted by atomic mass is 10.1. The number of benzene rings is 2. The van der Waals surface area contributed by atoms with Gasteiger partial charge in [0.2, 0.25) is 5.75 Å². The number of esters is 1. The summed E-state index contributed by atoms with van der Waals surface area (Å²) in [6, 6.07) is 9.02. The Morgan fingerprint density at radius 2 is 1.56 bits per heavy atom. The molecule has 9 heteroatoms. The Morgan fingerprint density at radius 1 is 0.917 bits per heavy atom.